The first-order chi connectivity index (χ1) is 12.5. The first kappa shape index (κ1) is 19.7. The Morgan fingerprint density at radius 1 is 0.519 bits per heavy atom. The third-order valence-electron chi connectivity index (χ3n) is 3.61. The van der Waals surface area contributed by atoms with Crippen LogP contribution in [0.5, 0.6) is 0 Å². The van der Waals surface area contributed by atoms with Crippen molar-refractivity contribution in [3.63, 3.8) is 0 Å². The highest BCUT2D eigenvalue weighted by Gasteiger charge is 2.02. The smallest absolute Gasteiger partial charge is 0.111 e. The average Bonchev–Trinajstić information content (AvgIpc) is 2.64. The van der Waals surface area contributed by atoms with E-state index < -0.39 is 0 Å². The van der Waals surface area contributed by atoms with Crippen LogP contribution in [0.1, 0.15) is 0 Å². The van der Waals surface area contributed by atoms with Crippen molar-refractivity contribution in [2.45, 2.75) is 0 Å². The summed E-state index contributed by atoms with van der Waals surface area (Å²) >= 11 is 0. The second-order valence-corrected chi connectivity index (χ2v) is 5.48. The maximum Gasteiger partial charge on any atom is 0.111 e. The van der Waals surface area contributed by atoms with Crippen LogP contribution in [0, 0.1) is 0 Å². The maximum atomic E-state index is 5.88. The number of rotatable bonds is 4. The first-order valence-corrected chi connectivity index (χ1v) is 7.76. The molecule has 0 saturated carbocycles. The van der Waals surface area contributed by atoms with Gasteiger partial charge in [-0.25, -0.2) is 0 Å². The number of nitrogens with zero attached hydrogens (tertiary/aromatic N) is 4. The lowest BCUT2D eigenvalue weighted by Crippen LogP contribution is -1.93. The Kier molecular flexibility index (Phi) is 6.29. The van der Waals surface area contributed by atoms with Crippen molar-refractivity contribution in [2.75, 3.05) is 22.9 Å². The van der Waals surface area contributed by atoms with Crippen LogP contribution in [0.4, 0.5) is 45.5 Å². The highest BCUT2D eigenvalue weighted by Crippen LogP contribution is 2.31. The lowest BCUT2D eigenvalue weighted by Gasteiger charge is -2.02. The molecule has 0 amide bonds. The van der Waals surface area contributed by atoms with E-state index in [0.717, 1.165) is 0 Å². The molecule has 3 rings (SSSR count). The SMILES string of the molecule is Cl.Nc1cccc(N=Nc2cccc(N=Nc3cccc(N)c3N)c2)c1N. The van der Waals surface area contributed by atoms with Crippen molar-refractivity contribution in [3.8, 4) is 0 Å². The number of para-hydroxylation sites is 2. The molecule has 0 unspecified atom stereocenters. The Morgan fingerprint density at radius 3 is 1.37 bits per heavy atom. The molecule has 8 N–H and O–H groups in total. The molecule has 0 aliphatic rings. The molecular weight excluding hydrogens is 364 g/mol. The second-order valence-electron chi connectivity index (χ2n) is 5.48. The highest BCUT2D eigenvalue weighted by molar-refractivity contribution is 5.85. The molecule has 0 bridgehead atoms. The molecule has 0 spiro atoms. The van der Waals surface area contributed by atoms with Crippen LogP contribution in [0.3, 0.4) is 0 Å². The van der Waals surface area contributed by atoms with Gasteiger partial charge in [-0.05, 0) is 42.5 Å². The molecule has 3 aromatic rings. The fourth-order valence-electron chi connectivity index (χ4n) is 2.16. The number of azo groups is 2. The summed E-state index contributed by atoms with van der Waals surface area (Å²) in [6.07, 6.45) is 0. The number of hydrogen-bond donors (Lipinski definition) is 4. The van der Waals surface area contributed by atoms with Crippen LogP contribution in [0.2, 0.25) is 0 Å². The van der Waals surface area contributed by atoms with E-state index >= 15 is 0 Å². The van der Waals surface area contributed by atoms with Gasteiger partial charge in [-0.2, -0.15) is 10.2 Å². The first-order valence-electron chi connectivity index (χ1n) is 7.76. The molecule has 0 heterocycles. The van der Waals surface area contributed by atoms with E-state index in [1.165, 1.54) is 0 Å². The standard InChI is InChI=1S/C18H18N8.ClH/c19-13-6-2-8-15(17(13)21)25-23-11-4-1-5-12(10-11)24-26-16-9-3-7-14(20)18(16)22;/h1-10H,19-22H2;1H. The van der Waals surface area contributed by atoms with Gasteiger partial charge in [0.05, 0.1) is 34.1 Å². The minimum absolute atomic E-state index is 0. The third kappa shape index (κ3) is 4.71. The minimum Gasteiger partial charge on any atom is -0.397 e. The fraction of sp³-hybridized carbons (Fsp3) is 0. The van der Waals surface area contributed by atoms with Gasteiger partial charge in [-0.3, -0.25) is 0 Å². The molecule has 0 aromatic heterocycles. The van der Waals surface area contributed by atoms with E-state index in [4.69, 9.17) is 22.9 Å². The summed E-state index contributed by atoms with van der Waals surface area (Å²) in [6.45, 7) is 0. The van der Waals surface area contributed by atoms with Gasteiger partial charge in [0.2, 0.25) is 0 Å². The number of anilines is 4. The average molecular weight is 383 g/mol. The van der Waals surface area contributed by atoms with Gasteiger partial charge < -0.3 is 22.9 Å². The zero-order valence-corrected chi connectivity index (χ0v) is 15.1. The van der Waals surface area contributed by atoms with E-state index in [0.29, 0.717) is 45.5 Å². The number of halogens is 1. The van der Waals surface area contributed by atoms with Gasteiger partial charge in [-0.1, -0.05) is 18.2 Å². The van der Waals surface area contributed by atoms with E-state index in [1.54, 1.807) is 60.7 Å². The van der Waals surface area contributed by atoms with E-state index in [1.807, 2.05) is 0 Å². The molecule has 138 valence electrons. The van der Waals surface area contributed by atoms with Crippen LogP contribution in [0.15, 0.2) is 81.1 Å². The van der Waals surface area contributed by atoms with Gasteiger partial charge in [0.15, 0.2) is 0 Å². The Bertz CT molecular complexity index is 924. The summed E-state index contributed by atoms with van der Waals surface area (Å²) < 4.78 is 0. The topological polar surface area (TPSA) is 154 Å². The summed E-state index contributed by atoms with van der Waals surface area (Å²) in [5.74, 6) is 0. The van der Waals surface area contributed by atoms with Gasteiger partial charge in [-0.15, -0.1) is 22.6 Å². The van der Waals surface area contributed by atoms with Crippen molar-refractivity contribution in [2.24, 2.45) is 20.5 Å². The Hall–Kier alpha value is -3.65. The lowest BCUT2D eigenvalue weighted by atomic mass is 10.2. The predicted molar refractivity (Wildman–Crippen MR) is 113 cm³/mol. The van der Waals surface area contributed by atoms with E-state index in [2.05, 4.69) is 20.5 Å². The van der Waals surface area contributed by atoms with Crippen LogP contribution < -0.4 is 22.9 Å². The number of nitrogens with two attached hydrogens (primary N) is 4. The molecular formula is C18H19ClN8. The summed E-state index contributed by atoms with van der Waals surface area (Å²) in [7, 11) is 0. The molecule has 9 heteroatoms. The predicted octanol–water partition coefficient (Wildman–Crippen LogP) is 5.27. The zero-order valence-electron chi connectivity index (χ0n) is 14.3. The molecule has 0 aliphatic heterocycles. The van der Waals surface area contributed by atoms with Gasteiger partial charge in [0.25, 0.3) is 0 Å². The molecule has 27 heavy (non-hydrogen) atoms. The number of nitrogen functional groups attached to an aromatic ring is 4. The number of benzene rings is 3. The highest BCUT2D eigenvalue weighted by atomic mass is 35.5. The van der Waals surface area contributed by atoms with Gasteiger partial charge >= 0.3 is 0 Å². The van der Waals surface area contributed by atoms with Crippen molar-refractivity contribution >= 4 is 57.9 Å². The molecule has 0 aliphatic carbocycles. The van der Waals surface area contributed by atoms with Crippen molar-refractivity contribution in [1.82, 2.24) is 0 Å². The Balaban J connectivity index is 0.00000261. The molecule has 8 nitrogen and oxygen atoms in total. The number of hydrogen-bond acceptors (Lipinski definition) is 8. The molecule has 0 atom stereocenters. The molecule has 0 saturated heterocycles. The van der Waals surface area contributed by atoms with Crippen LogP contribution in [0.25, 0.3) is 0 Å². The zero-order chi connectivity index (χ0) is 18.5. The molecule has 0 radical (unpaired) electrons. The normalized spacial score (nSPS) is 11.0. The monoisotopic (exact) mass is 382 g/mol. The summed E-state index contributed by atoms with van der Waals surface area (Å²) in [5, 5.41) is 16.6. The largest absolute Gasteiger partial charge is 0.397 e. The maximum absolute atomic E-state index is 5.88. The second kappa shape index (κ2) is 8.63. The van der Waals surface area contributed by atoms with Gasteiger partial charge in [0.1, 0.15) is 11.4 Å². The van der Waals surface area contributed by atoms with Crippen molar-refractivity contribution in [3.05, 3.63) is 60.7 Å². The van der Waals surface area contributed by atoms with E-state index in [9.17, 15) is 0 Å². The minimum atomic E-state index is 0. The van der Waals surface area contributed by atoms with Crippen LogP contribution >= 0.6 is 12.4 Å². The summed E-state index contributed by atoms with van der Waals surface area (Å²) in [4.78, 5) is 0. The third-order valence-corrected chi connectivity index (χ3v) is 3.61. The van der Waals surface area contributed by atoms with Crippen molar-refractivity contribution < 1.29 is 0 Å². The molecule has 0 fully saturated rings. The van der Waals surface area contributed by atoms with Gasteiger partial charge in [0, 0.05) is 0 Å². The lowest BCUT2D eigenvalue weighted by molar-refractivity contribution is 1.21. The van der Waals surface area contributed by atoms with Crippen molar-refractivity contribution in [1.29, 1.82) is 0 Å². The quantitative estimate of drug-likeness (QED) is 0.358. The Morgan fingerprint density at radius 2 is 0.926 bits per heavy atom. The van der Waals surface area contributed by atoms with Crippen LogP contribution in [-0.2, 0) is 0 Å². The summed E-state index contributed by atoms with van der Waals surface area (Å²) in [6, 6.07) is 17.5. The Labute approximate surface area is 162 Å². The molecule has 3 aromatic carbocycles. The summed E-state index contributed by atoms with van der Waals surface area (Å²) in [5.41, 5.74) is 27.2. The van der Waals surface area contributed by atoms with Crippen LogP contribution in [-0.4, -0.2) is 0 Å². The fourth-order valence-corrected chi connectivity index (χ4v) is 2.16. The van der Waals surface area contributed by atoms with E-state index in [-0.39, 0.29) is 12.4 Å².